The Morgan fingerprint density at radius 2 is 2.53 bits per heavy atom. The lowest BCUT2D eigenvalue weighted by Crippen LogP contribution is -2.35. The zero-order chi connectivity index (χ0) is 12.7. The number of aromatic nitrogens is 1. The van der Waals surface area contributed by atoms with E-state index in [1.54, 1.807) is 24.0 Å². The number of anilines is 1. The summed E-state index contributed by atoms with van der Waals surface area (Å²) in [4.78, 5) is 13.4. The summed E-state index contributed by atoms with van der Waals surface area (Å²) in [6, 6.07) is 1.64. The number of carbonyl (C=O) groups excluding carboxylic acids is 1. The zero-order valence-electron chi connectivity index (χ0n) is 9.85. The average molecular weight is 239 g/mol. The van der Waals surface area contributed by atoms with E-state index in [0.717, 1.165) is 0 Å². The minimum Gasteiger partial charge on any atom is -0.395 e. The number of carbonyl (C=O) groups is 1. The van der Waals surface area contributed by atoms with Crippen LogP contribution in [-0.4, -0.2) is 47.3 Å². The van der Waals surface area contributed by atoms with Crippen molar-refractivity contribution < 1.29 is 14.4 Å². The molecule has 0 fully saturated rings. The van der Waals surface area contributed by atoms with Gasteiger partial charge in [-0.1, -0.05) is 11.2 Å². The molecule has 0 bridgehead atoms. The second kappa shape index (κ2) is 6.82. The van der Waals surface area contributed by atoms with Crippen molar-refractivity contribution in [3.8, 4) is 0 Å². The van der Waals surface area contributed by atoms with Crippen molar-refractivity contribution in [3.05, 3.63) is 24.4 Å². The van der Waals surface area contributed by atoms with Gasteiger partial charge in [-0.3, -0.25) is 15.0 Å². The zero-order valence-corrected chi connectivity index (χ0v) is 9.85. The molecular weight excluding hydrogens is 222 g/mol. The van der Waals surface area contributed by atoms with Crippen molar-refractivity contribution in [2.75, 3.05) is 31.6 Å². The third-order valence-corrected chi connectivity index (χ3v) is 2.06. The fourth-order valence-electron chi connectivity index (χ4n) is 1.36. The van der Waals surface area contributed by atoms with Crippen molar-refractivity contribution in [2.45, 2.75) is 6.92 Å². The smallest absolute Gasteiger partial charge is 0.240 e. The van der Waals surface area contributed by atoms with E-state index in [2.05, 4.69) is 17.1 Å². The van der Waals surface area contributed by atoms with E-state index < -0.39 is 0 Å². The number of aliphatic hydroxyl groups is 1. The normalized spacial score (nSPS) is 10.5. The number of rotatable bonds is 7. The van der Waals surface area contributed by atoms with Crippen LogP contribution in [0.4, 0.5) is 5.88 Å². The first-order valence-electron chi connectivity index (χ1n) is 5.33. The minimum atomic E-state index is -0.212. The highest BCUT2D eigenvalue weighted by molar-refractivity contribution is 5.90. The van der Waals surface area contributed by atoms with Gasteiger partial charge in [0.2, 0.25) is 11.8 Å². The highest BCUT2D eigenvalue weighted by atomic mass is 16.5. The summed E-state index contributed by atoms with van der Waals surface area (Å²) in [6.45, 7) is 6.51. The standard InChI is InChI=1S/C11H17N3O3/c1-3-4-14(5-6-15)8-10(16)12-11-7-9(2)13-17-11/h3,7,15H,1,4-6,8H2,2H3,(H,12,16). The molecule has 1 heterocycles. The molecule has 6 heteroatoms. The van der Waals surface area contributed by atoms with E-state index >= 15 is 0 Å². The summed E-state index contributed by atoms with van der Waals surface area (Å²) >= 11 is 0. The molecule has 0 spiro atoms. The highest BCUT2D eigenvalue weighted by Crippen LogP contribution is 2.07. The van der Waals surface area contributed by atoms with Crippen molar-refractivity contribution in [1.29, 1.82) is 0 Å². The van der Waals surface area contributed by atoms with Gasteiger partial charge in [-0.15, -0.1) is 6.58 Å². The Kier molecular flexibility index (Phi) is 5.38. The number of aliphatic hydroxyl groups excluding tert-OH is 1. The Morgan fingerprint density at radius 1 is 1.76 bits per heavy atom. The molecule has 6 nitrogen and oxygen atoms in total. The molecule has 1 rings (SSSR count). The molecule has 0 aliphatic carbocycles. The Morgan fingerprint density at radius 3 is 3.06 bits per heavy atom. The largest absolute Gasteiger partial charge is 0.395 e. The van der Waals surface area contributed by atoms with Gasteiger partial charge < -0.3 is 9.63 Å². The predicted molar refractivity (Wildman–Crippen MR) is 63.6 cm³/mol. The number of hydrogen-bond acceptors (Lipinski definition) is 5. The summed E-state index contributed by atoms with van der Waals surface area (Å²) in [5, 5.41) is 15.1. The van der Waals surface area contributed by atoms with Gasteiger partial charge in [0.1, 0.15) is 0 Å². The number of hydrogen-bond donors (Lipinski definition) is 2. The topological polar surface area (TPSA) is 78.6 Å². The number of nitrogens with one attached hydrogen (secondary N) is 1. The van der Waals surface area contributed by atoms with Crippen molar-refractivity contribution in [2.24, 2.45) is 0 Å². The predicted octanol–water partition coefficient (Wildman–Crippen LogP) is 0.402. The van der Waals surface area contributed by atoms with E-state index in [-0.39, 0.29) is 19.1 Å². The lowest BCUT2D eigenvalue weighted by atomic mass is 10.4. The van der Waals surface area contributed by atoms with Gasteiger partial charge in [-0.05, 0) is 6.92 Å². The first-order chi connectivity index (χ1) is 8.15. The van der Waals surface area contributed by atoms with Crippen LogP contribution in [-0.2, 0) is 4.79 Å². The van der Waals surface area contributed by atoms with Gasteiger partial charge in [-0.25, -0.2) is 0 Å². The minimum absolute atomic E-state index is 0.00252. The van der Waals surface area contributed by atoms with Crippen molar-refractivity contribution >= 4 is 11.8 Å². The molecule has 0 aliphatic rings. The lowest BCUT2D eigenvalue weighted by Gasteiger charge is -2.17. The lowest BCUT2D eigenvalue weighted by molar-refractivity contribution is -0.117. The molecule has 0 aliphatic heterocycles. The van der Waals surface area contributed by atoms with Gasteiger partial charge in [0.15, 0.2) is 0 Å². The second-order valence-corrected chi connectivity index (χ2v) is 3.63. The number of amides is 1. The van der Waals surface area contributed by atoms with E-state index in [1.807, 2.05) is 0 Å². The molecule has 1 aromatic heterocycles. The number of aryl methyl sites for hydroxylation is 1. The highest BCUT2D eigenvalue weighted by Gasteiger charge is 2.11. The molecule has 1 amide bonds. The van der Waals surface area contributed by atoms with Gasteiger partial charge in [-0.2, -0.15) is 0 Å². The third kappa shape index (κ3) is 4.80. The maximum absolute atomic E-state index is 11.6. The molecular formula is C11H17N3O3. The van der Waals surface area contributed by atoms with Crippen LogP contribution in [0.2, 0.25) is 0 Å². The van der Waals surface area contributed by atoms with Crippen LogP contribution < -0.4 is 5.32 Å². The van der Waals surface area contributed by atoms with Gasteiger partial charge in [0.05, 0.1) is 18.8 Å². The summed E-state index contributed by atoms with van der Waals surface area (Å²) in [6.07, 6.45) is 1.68. The molecule has 1 aromatic rings. The van der Waals surface area contributed by atoms with Gasteiger partial charge in [0.25, 0.3) is 0 Å². The van der Waals surface area contributed by atoms with Crippen LogP contribution in [0.15, 0.2) is 23.2 Å². The molecule has 0 saturated carbocycles. The maximum atomic E-state index is 11.6. The molecule has 2 N–H and O–H groups in total. The fraction of sp³-hybridized carbons (Fsp3) is 0.455. The van der Waals surface area contributed by atoms with Crippen LogP contribution in [0.25, 0.3) is 0 Å². The van der Waals surface area contributed by atoms with Crippen LogP contribution >= 0.6 is 0 Å². The number of nitrogens with zero attached hydrogens (tertiary/aromatic N) is 2. The molecule has 94 valence electrons. The summed E-state index contributed by atoms with van der Waals surface area (Å²) in [7, 11) is 0. The Labute approximate surface area is 99.9 Å². The van der Waals surface area contributed by atoms with E-state index in [0.29, 0.717) is 24.7 Å². The van der Waals surface area contributed by atoms with Gasteiger partial charge in [0, 0.05) is 19.2 Å². The third-order valence-electron chi connectivity index (χ3n) is 2.06. The van der Waals surface area contributed by atoms with Crippen LogP contribution in [0.5, 0.6) is 0 Å². The van der Waals surface area contributed by atoms with Crippen molar-refractivity contribution in [1.82, 2.24) is 10.1 Å². The van der Waals surface area contributed by atoms with Crippen LogP contribution in [0, 0.1) is 6.92 Å². The summed E-state index contributed by atoms with van der Waals surface area (Å²) in [5.41, 5.74) is 0.707. The molecule has 17 heavy (non-hydrogen) atoms. The van der Waals surface area contributed by atoms with Crippen LogP contribution in [0.1, 0.15) is 5.69 Å². The monoisotopic (exact) mass is 239 g/mol. The fourth-order valence-corrected chi connectivity index (χ4v) is 1.36. The van der Waals surface area contributed by atoms with Gasteiger partial charge >= 0.3 is 0 Å². The first kappa shape index (κ1) is 13.4. The quantitative estimate of drug-likeness (QED) is 0.673. The molecule has 0 unspecified atom stereocenters. The molecule has 0 radical (unpaired) electrons. The average Bonchev–Trinajstić information content (AvgIpc) is 2.64. The Balaban J connectivity index is 2.44. The molecule has 0 aromatic carbocycles. The first-order valence-corrected chi connectivity index (χ1v) is 5.33. The Bertz CT molecular complexity index is 376. The van der Waals surface area contributed by atoms with Crippen molar-refractivity contribution in [3.63, 3.8) is 0 Å². The SMILES string of the molecule is C=CCN(CCO)CC(=O)Nc1cc(C)no1. The maximum Gasteiger partial charge on any atom is 0.240 e. The summed E-state index contributed by atoms with van der Waals surface area (Å²) in [5.74, 6) is 0.117. The van der Waals surface area contributed by atoms with E-state index in [4.69, 9.17) is 9.63 Å². The molecule has 0 atom stereocenters. The Hall–Kier alpha value is -1.66. The second-order valence-electron chi connectivity index (χ2n) is 3.63. The van der Waals surface area contributed by atoms with E-state index in [9.17, 15) is 4.79 Å². The van der Waals surface area contributed by atoms with Crippen LogP contribution in [0.3, 0.4) is 0 Å². The van der Waals surface area contributed by atoms with E-state index in [1.165, 1.54) is 0 Å². The summed E-state index contributed by atoms with van der Waals surface area (Å²) < 4.78 is 4.87. The molecule has 0 saturated heterocycles.